The summed E-state index contributed by atoms with van der Waals surface area (Å²) < 4.78 is 33.0. The van der Waals surface area contributed by atoms with E-state index in [4.69, 9.17) is 4.74 Å². The average Bonchev–Trinajstić information content (AvgIpc) is 2.79. The zero-order valence-electron chi connectivity index (χ0n) is 12.8. The Bertz CT molecular complexity index is 962. The van der Waals surface area contributed by atoms with Crippen LogP contribution in [-0.4, -0.2) is 19.5 Å². The van der Waals surface area contributed by atoms with E-state index < -0.39 is 10.0 Å². The van der Waals surface area contributed by atoms with Crippen molar-refractivity contribution in [1.82, 2.24) is 3.97 Å². The first kappa shape index (κ1) is 16.1. The highest BCUT2D eigenvalue weighted by atomic mass is 79.9. The first-order chi connectivity index (χ1) is 10.9. The van der Waals surface area contributed by atoms with Crippen LogP contribution in [0.25, 0.3) is 10.9 Å². The van der Waals surface area contributed by atoms with Crippen LogP contribution in [0.2, 0.25) is 0 Å². The molecule has 23 heavy (non-hydrogen) atoms. The van der Waals surface area contributed by atoms with Gasteiger partial charge in [-0.25, -0.2) is 12.4 Å². The SMILES string of the molecule is COc1ccc2c(c1)c(C)c(Br)n2S(=O)(=O)Cc1ccccc1. The Hall–Kier alpha value is -1.79. The lowest BCUT2D eigenvalue weighted by Gasteiger charge is -2.09. The van der Waals surface area contributed by atoms with E-state index in [1.807, 2.05) is 43.3 Å². The van der Waals surface area contributed by atoms with Crippen LogP contribution in [0, 0.1) is 6.92 Å². The Morgan fingerprint density at radius 1 is 1.13 bits per heavy atom. The van der Waals surface area contributed by atoms with Crippen LogP contribution in [-0.2, 0) is 15.8 Å². The summed E-state index contributed by atoms with van der Waals surface area (Å²) in [6.45, 7) is 1.89. The van der Waals surface area contributed by atoms with Crippen LogP contribution >= 0.6 is 15.9 Å². The van der Waals surface area contributed by atoms with Crippen LogP contribution in [0.5, 0.6) is 5.75 Å². The van der Waals surface area contributed by atoms with E-state index in [0.717, 1.165) is 16.5 Å². The molecule has 120 valence electrons. The fraction of sp³-hybridized carbons (Fsp3) is 0.176. The number of hydrogen-bond acceptors (Lipinski definition) is 3. The van der Waals surface area contributed by atoms with Gasteiger partial charge in [-0.1, -0.05) is 30.3 Å². The van der Waals surface area contributed by atoms with Gasteiger partial charge >= 0.3 is 0 Å². The van der Waals surface area contributed by atoms with E-state index >= 15 is 0 Å². The highest BCUT2D eigenvalue weighted by Gasteiger charge is 2.23. The van der Waals surface area contributed by atoms with E-state index in [1.54, 1.807) is 19.2 Å². The summed E-state index contributed by atoms with van der Waals surface area (Å²) in [4.78, 5) is 0. The molecule has 0 saturated heterocycles. The van der Waals surface area contributed by atoms with E-state index in [1.165, 1.54) is 3.97 Å². The van der Waals surface area contributed by atoms with Gasteiger partial charge in [0.25, 0.3) is 0 Å². The lowest BCUT2D eigenvalue weighted by Crippen LogP contribution is -2.15. The maximum Gasteiger partial charge on any atom is 0.244 e. The maximum atomic E-state index is 12.9. The van der Waals surface area contributed by atoms with Gasteiger partial charge in [0, 0.05) is 5.39 Å². The maximum absolute atomic E-state index is 12.9. The molecule has 2 aromatic carbocycles. The number of rotatable bonds is 4. The summed E-state index contributed by atoms with van der Waals surface area (Å²) in [5, 5.41) is 0.855. The van der Waals surface area contributed by atoms with Crippen molar-refractivity contribution < 1.29 is 13.2 Å². The second-order valence-corrected chi connectivity index (χ2v) is 7.87. The van der Waals surface area contributed by atoms with Crippen molar-refractivity contribution >= 4 is 36.9 Å². The molecule has 3 rings (SSSR count). The van der Waals surface area contributed by atoms with Crippen molar-refractivity contribution in [2.24, 2.45) is 0 Å². The molecule has 0 saturated carbocycles. The number of nitrogens with zero attached hydrogens (tertiary/aromatic N) is 1. The van der Waals surface area contributed by atoms with Crippen molar-refractivity contribution in [2.45, 2.75) is 12.7 Å². The molecule has 0 fully saturated rings. The minimum Gasteiger partial charge on any atom is -0.497 e. The molecule has 0 amide bonds. The van der Waals surface area contributed by atoms with Gasteiger partial charge in [0.1, 0.15) is 10.4 Å². The Balaban J connectivity index is 2.17. The molecule has 0 aliphatic heterocycles. The molecule has 3 aromatic rings. The average molecular weight is 394 g/mol. The highest BCUT2D eigenvalue weighted by Crippen LogP contribution is 2.34. The summed E-state index contributed by atoms with van der Waals surface area (Å²) in [6.07, 6.45) is 0. The number of aryl methyl sites for hydroxylation is 1. The van der Waals surface area contributed by atoms with Crippen LogP contribution in [0.4, 0.5) is 0 Å². The minimum atomic E-state index is -3.54. The van der Waals surface area contributed by atoms with Gasteiger partial charge < -0.3 is 4.74 Å². The number of hydrogen-bond donors (Lipinski definition) is 0. The fourth-order valence-corrected chi connectivity index (χ4v) is 5.26. The van der Waals surface area contributed by atoms with E-state index in [9.17, 15) is 8.42 Å². The number of benzene rings is 2. The first-order valence-corrected chi connectivity index (χ1v) is 9.46. The van der Waals surface area contributed by atoms with Crippen molar-refractivity contribution in [3.05, 3.63) is 64.3 Å². The summed E-state index contributed by atoms with van der Waals surface area (Å²) in [6, 6.07) is 14.6. The fourth-order valence-electron chi connectivity index (χ4n) is 2.61. The number of halogens is 1. The topological polar surface area (TPSA) is 48.3 Å². The normalized spacial score (nSPS) is 11.8. The summed E-state index contributed by atoms with van der Waals surface area (Å²) in [5.74, 6) is 0.646. The molecule has 1 aromatic heterocycles. The monoisotopic (exact) mass is 393 g/mol. The second-order valence-electron chi connectivity index (χ2n) is 5.31. The van der Waals surface area contributed by atoms with Gasteiger partial charge in [-0.05, 0) is 52.2 Å². The lowest BCUT2D eigenvalue weighted by molar-refractivity contribution is 0.415. The first-order valence-electron chi connectivity index (χ1n) is 7.06. The number of fused-ring (bicyclic) bond motifs is 1. The van der Waals surface area contributed by atoms with Crippen LogP contribution in [0.1, 0.15) is 11.1 Å². The molecule has 1 heterocycles. The molecule has 0 N–H and O–H groups in total. The molecule has 0 aliphatic carbocycles. The third-order valence-corrected chi connectivity index (χ3v) is 6.60. The molecule has 0 radical (unpaired) electrons. The second kappa shape index (κ2) is 6.02. The summed E-state index contributed by atoms with van der Waals surface area (Å²) in [7, 11) is -1.95. The Morgan fingerprint density at radius 3 is 2.48 bits per heavy atom. The Morgan fingerprint density at radius 2 is 1.83 bits per heavy atom. The molecule has 0 aliphatic rings. The van der Waals surface area contributed by atoms with Gasteiger partial charge in [-0.15, -0.1) is 0 Å². The van der Waals surface area contributed by atoms with Crippen molar-refractivity contribution in [3.8, 4) is 5.75 Å². The lowest BCUT2D eigenvalue weighted by atomic mass is 10.2. The zero-order valence-corrected chi connectivity index (χ0v) is 15.2. The van der Waals surface area contributed by atoms with Gasteiger partial charge in [-0.3, -0.25) is 0 Å². The van der Waals surface area contributed by atoms with E-state index in [2.05, 4.69) is 15.9 Å². The predicted octanol–water partition coefficient (Wildman–Crippen LogP) is 4.10. The van der Waals surface area contributed by atoms with Gasteiger partial charge in [0.15, 0.2) is 0 Å². The van der Waals surface area contributed by atoms with Crippen LogP contribution in [0.3, 0.4) is 0 Å². The standard InChI is InChI=1S/C17H16BrNO3S/c1-12-15-10-14(22-2)8-9-16(15)19(17(12)18)23(20,21)11-13-6-4-3-5-7-13/h3-10H,11H2,1-2H3. The Kier molecular flexibility index (Phi) is 4.21. The highest BCUT2D eigenvalue weighted by molar-refractivity contribution is 9.10. The van der Waals surface area contributed by atoms with Crippen LogP contribution in [0.15, 0.2) is 53.1 Å². The predicted molar refractivity (Wildman–Crippen MR) is 95.4 cm³/mol. The third-order valence-electron chi connectivity index (χ3n) is 3.78. The third kappa shape index (κ3) is 2.88. The van der Waals surface area contributed by atoms with Crippen molar-refractivity contribution in [3.63, 3.8) is 0 Å². The van der Waals surface area contributed by atoms with Crippen LogP contribution < -0.4 is 4.74 Å². The largest absolute Gasteiger partial charge is 0.497 e. The quantitative estimate of drug-likeness (QED) is 0.670. The van der Waals surface area contributed by atoms with Crippen molar-refractivity contribution in [1.29, 1.82) is 0 Å². The van der Waals surface area contributed by atoms with Gasteiger partial charge in [-0.2, -0.15) is 0 Å². The Labute approximate surface area is 143 Å². The summed E-state index contributed by atoms with van der Waals surface area (Å²) >= 11 is 3.43. The van der Waals surface area contributed by atoms with Gasteiger partial charge in [0.2, 0.25) is 10.0 Å². The molecular formula is C17H16BrNO3S. The number of aromatic nitrogens is 1. The molecule has 0 bridgehead atoms. The van der Waals surface area contributed by atoms with Crippen molar-refractivity contribution in [2.75, 3.05) is 7.11 Å². The van der Waals surface area contributed by atoms with E-state index in [0.29, 0.717) is 15.9 Å². The smallest absolute Gasteiger partial charge is 0.244 e. The molecule has 6 heteroatoms. The molecule has 4 nitrogen and oxygen atoms in total. The zero-order chi connectivity index (χ0) is 16.6. The molecular weight excluding hydrogens is 378 g/mol. The molecule has 0 spiro atoms. The molecule has 0 atom stereocenters. The summed E-state index contributed by atoms with van der Waals surface area (Å²) in [5.41, 5.74) is 2.27. The minimum absolute atomic E-state index is 0.0539. The number of ether oxygens (including phenoxy) is 1. The van der Waals surface area contributed by atoms with E-state index in [-0.39, 0.29) is 5.75 Å². The molecule has 0 unspecified atom stereocenters. The number of methoxy groups -OCH3 is 1. The van der Waals surface area contributed by atoms with Gasteiger partial charge in [0.05, 0.1) is 18.4 Å².